The SMILES string of the molecule is CC1CCNCC1NC(=O)CNS(=O)(=O)c1cnn(C)c1.Cl. The summed E-state index contributed by atoms with van der Waals surface area (Å²) in [6, 6.07) is 0.0362. The summed E-state index contributed by atoms with van der Waals surface area (Å²) >= 11 is 0. The number of nitrogens with zero attached hydrogens (tertiary/aromatic N) is 2. The number of carbonyl (C=O) groups is 1. The zero-order chi connectivity index (χ0) is 15.5. The van der Waals surface area contributed by atoms with E-state index < -0.39 is 10.0 Å². The Hall–Kier alpha value is -1.16. The van der Waals surface area contributed by atoms with Crippen LogP contribution in [0.25, 0.3) is 0 Å². The highest BCUT2D eigenvalue weighted by molar-refractivity contribution is 7.89. The van der Waals surface area contributed by atoms with Crippen molar-refractivity contribution in [3.8, 4) is 0 Å². The molecule has 8 nitrogen and oxygen atoms in total. The van der Waals surface area contributed by atoms with Gasteiger partial charge in [-0.2, -0.15) is 5.10 Å². The van der Waals surface area contributed by atoms with Crippen molar-refractivity contribution in [3.63, 3.8) is 0 Å². The number of aromatic nitrogens is 2. The second kappa shape index (κ2) is 7.91. The van der Waals surface area contributed by atoms with E-state index in [9.17, 15) is 13.2 Å². The maximum Gasteiger partial charge on any atom is 0.244 e. The van der Waals surface area contributed by atoms with Crippen LogP contribution in [-0.4, -0.2) is 49.8 Å². The highest BCUT2D eigenvalue weighted by Crippen LogP contribution is 2.11. The Labute approximate surface area is 136 Å². The van der Waals surface area contributed by atoms with Crippen LogP contribution in [0.3, 0.4) is 0 Å². The first-order chi connectivity index (χ1) is 9.88. The van der Waals surface area contributed by atoms with Gasteiger partial charge in [-0.15, -0.1) is 12.4 Å². The van der Waals surface area contributed by atoms with Gasteiger partial charge in [0.05, 0.1) is 12.7 Å². The molecule has 2 atom stereocenters. The summed E-state index contributed by atoms with van der Waals surface area (Å²) in [6.07, 6.45) is 3.62. The molecule has 1 aliphatic heterocycles. The molecule has 126 valence electrons. The molecule has 1 aliphatic rings. The molecule has 1 fully saturated rings. The van der Waals surface area contributed by atoms with Gasteiger partial charge in [-0.25, -0.2) is 13.1 Å². The third-order valence-corrected chi connectivity index (χ3v) is 4.94. The standard InChI is InChI=1S/C12H21N5O3S.ClH/c1-9-3-4-13-6-11(9)16-12(18)7-15-21(19,20)10-5-14-17(2)8-10;/h5,8-9,11,13,15H,3-4,6-7H2,1-2H3,(H,16,18);1H. The van der Waals surface area contributed by atoms with Crippen LogP contribution in [0.5, 0.6) is 0 Å². The molecule has 22 heavy (non-hydrogen) atoms. The molecular formula is C12H22ClN5O3S. The minimum atomic E-state index is -3.70. The molecule has 3 N–H and O–H groups in total. The van der Waals surface area contributed by atoms with E-state index >= 15 is 0 Å². The van der Waals surface area contributed by atoms with E-state index in [1.807, 2.05) is 0 Å². The molecule has 0 radical (unpaired) electrons. The van der Waals surface area contributed by atoms with Crippen LogP contribution < -0.4 is 15.4 Å². The molecular weight excluding hydrogens is 330 g/mol. The minimum Gasteiger partial charge on any atom is -0.351 e. The summed E-state index contributed by atoms with van der Waals surface area (Å²) in [6.45, 7) is 3.45. The lowest BCUT2D eigenvalue weighted by atomic mass is 9.95. The van der Waals surface area contributed by atoms with Crippen molar-refractivity contribution in [1.29, 1.82) is 0 Å². The van der Waals surface area contributed by atoms with E-state index in [0.29, 0.717) is 12.5 Å². The Morgan fingerprint density at radius 3 is 2.86 bits per heavy atom. The molecule has 2 heterocycles. The van der Waals surface area contributed by atoms with Crippen LogP contribution in [0.1, 0.15) is 13.3 Å². The molecule has 0 aromatic carbocycles. The Bertz CT molecular complexity index is 604. The fourth-order valence-electron chi connectivity index (χ4n) is 2.22. The number of hydrogen-bond donors (Lipinski definition) is 3. The normalized spacial score (nSPS) is 21.9. The van der Waals surface area contributed by atoms with Gasteiger partial charge in [0.15, 0.2) is 0 Å². The van der Waals surface area contributed by atoms with Crippen molar-refractivity contribution >= 4 is 28.3 Å². The Kier molecular flexibility index (Phi) is 6.79. The van der Waals surface area contributed by atoms with Crippen molar-refractivity contribution in [2.75, 3.05) is 19.6 Å². The number of carbonyl (C=O) groups excluding carboxylic acids is 1. The molecule has 0 aliphatic carbocycles. The Balaban J connectivity index is 0.00000242. The highest BCUT2D eigenvalue weighted by Gasteiger charge is 2.23. The molecule has 1 aromatic heterocycles. The van der Waals surface area contributed by atoms with Gasteiger partial charge in [-0.3, -0.25) is 9.48 Å². The van der Waals surface area contributed by atoms with Gasteiger partial charge >= 0.3 is 0 Å². The minimum absolute atomic E-state index is 0. The van der Waals surface area contributed by atoms with Crippen molar-refractivity contribution in [2.24, 2.45) is 13.0 Å². The highest BCUT2D eigenvalue weighted by atomic mass is 35.5. The summed E-state index contributed by atoms with van der Waals surface area (Å²) in [5, 5.41) is 9.86. The third-order valence-electron chi connectivity index (χ3n) is 3.59. The van der Waals surface area contributed by atoms with Crippen LogP contribution in [0, 0.1) is 5.92 Å². The van der Waals surface area contributed by atoms with E-state index in [0.717, 1.165) is 13.0 Å². The van der Waals surface area contributed by atoms with Gasteiger partial charge in [-0.1, -0.05) is 6.92 Å². The predicted molar refractivity (Wildman–Crippen MR) is 84.2 cm³/mol. The zero-order valence-electron chi connectivity index (χ0n) is 12.6. The summed E-state index contributed by atoms with van der Waals surface area (Å²) in [7, 11) is -2.07. The first-order valence-electron chi connectivity index (χ1n) is 6.87. The van der Waals surface area contributed by atoms with Crippen LogP contribution >= 0.6 is 12.4 Å². The summed E-state index contributed by atoms with van der Waals surface area (Å²) in [5.41, 5.74) is 0. The molecule has 10 heteroatoms. The quantitative estimate of drug-likeness (QED) is 0.646. The first kappa shape index (κ1) is 18.9. The predicted octanol–water partition coefficient (Wildman–Crippen LogP) is -0.766. The van der Waals surface area contributed by atoms with Crippen LogP contribution in [0.2, 0.25) is 0 Å². The average Bonchev–Trinajstić information content (AvgIpc) is 2.87. The lowest BCUT2D eigenvalue weighted by molar-refractivity contribution is -0.121. The van der Waals surface area contributed by atoms with Crippen molar-refractivity contribution in [2.45, 2.75) is 24.3 Å². The number of sulfonamides is 1. The van der Waals surface area contributed by atoms with Crippen molar-refractivity contribution < 1.29 is 13.2 Å². The molecule has 1 aromatic rings. The smallest absolute Gasteiger partial charge is 0.244 e. The molecule has 0 saturated carbocycles. The van der Waals surface area contributed by atoms with Crippen LogP contribution in [0.4, 0.5) is 0 Å². The van der Waals surface area contributed by atoms with Gasteiger partial charge in [0, 0.05) is 25.8 Å². The third kappa shape index (κ3) is 4.94. The van der Waals surface area contributed by atoms with Crippen molar-refractivity contribution in [3.05, 3.63) is 12.4 Å². The van der Waals surface area contributed by atoms with Gasteiger partial charge in [-0.05, 0) is 18.9 Å². The number of piperidine rings is 1. The van der Waals surface area contributed by atoms with Crippen molar-refractivity contribution in [1.82, 2.24) is 25.1 Å². The molecule has 0 bridgehead atoms. The van der Waals surface area contributed by atoms with Crippen LogP contribution in [-0.2, 0) is 21.9 Å². The van der Waals surface area contributed by atoms with Gasteiger partial charge < -0.3 is 10.6 Å². The maximum atomic E-state index is 11.9. The lowest BCUT2D eigenvalue weighted by Gasteiger charge is -2.30. The van der Waals surface area contributed by atoms with Gasteiger partial charge in [0.2, 0.25) is 15.9 Å². The molecule has 2 rings (SSSR count). The Morgan fingerprint density at radius 1 is 1.55 bits per heavy atom. The lowest BCUT2D eigenvalue weighted by Crippen LogP contribution is -2.52. The van der Waals surface area contributed by atoms with Crippen LogP contribution in [0.15, 0.2) is 17.3 Å². The second-order valence-electron chi connectivity index (χ2n) is 5.32. The summed E-state index contributed by atoms with van der Waals surface area (Å²) < 4.78 is 27.6. The van der Waals surface area contributed by atoms with E-state index in [-0.39, 0.29) is 35.8 Å². The molecule has 1 amide bonds. The molecule has 1 saturated heterocycles. The number of nitrogens with one attached hydrogen (secondary N) is 3. The second-order valence-corrected chi connectivity index (χ2v) is 7.09. The maximum absolute atomic E-state index is 11.9. The zero-order valence-corrected chi connectivity index (χ0v) is 14.2. The van der Waals surface area contributed by atoms with E-state index in [1.54, 1.807) is 7.05 Å². The van der Waals surface area contributed by atoms with E-state index in [1.165, 1.54) is 17.1 Å². The van der Waals surface area contributed by atoms with Gasteiger partial charge in [0.1, 0.15) is 4.90 Å². The van der Waals surface area contributed by atoms with E-state index in [4.69, 9.17) is 0 Å². The number of amides is 1. The average molecular weight is 352 g/mol. The Morgan fingerprint density at radius 2 is 2.27 bits per heavy atom. The topological polar surface area (TPSA) is 105 Å². The summed E-state index contributed by atoms with van der Waals surface area (Å²) in [5.74, 6) is 0.0492. The number of rotatable bonds is 5. The number of hydrogen-bond acceptors (Lipinski definition) is 5. The largest absolute Gasteiger partial charge is 0.351 e. The van der Waals surface area contributed by atoms with Gasteiger partial charge in [0.25, 0.3) is 0 Å². The number of halogens is 1. The fourth-order valence-corrected chi connectivity index (χ4v) is 3.19. The molecule has 0 spiro atoms. The first-order valence-corrected chi connectivity index (χ1v) is 8.35. The monoisotopic (exact) mass is 351 g/mol. The fraction of sp³-hybridized carbons (Fsp3) is 0.667. The molecule has 2 unspecified atom stereocenters. The number of aryl methyl sites for hydroxylation is 1. The summed E-state index contributed by atoms with van der Waals surface area (Å²) in [4.78, 5) is 11.9. The van der Waals surface area contributed by atoms with E-state index in [2.05, 4.69) is 27.4 Å².